The first-order valence-electron chi connectivity index (χ1n) is 7.94. The number of benzene rings is 1. The van der Waals surface area contributed by atoms with Crippen LogP contribution in [0.15, 0.2) is 30.3 Å². The number of fused-ring (bicyclic) bond motifs is 1. The van der Waals surface area contributed by atoms with Crippen LogP contribution in [0.2, 0.25) is 0 Å². The quantitative estimate of drug-likeness (QED) is 0.644. The van der Waals surface area contributed by atoms with E-state index in [0.717, 1.165) is 11.3 Å². The molecule has 1 aromatic carbocycles. The number of rotatable bonds is 7. The maximum Gasteiger partial charge on any atom is 0.245 e. The van der Waals surface area contributed by atoms with Crippen LogP contribution < -0.4 is 19.9 Å². The molecule has 0 radical (unpaired) electrons. The Bertz CT molecular complexity index is 917. The van der Waals surface area contributed by atoms with Crippen molar-refractivity contribution in [2.45, 2.75) is 0 Å². The van der Waals surface area contributed by atoms with E-state index in [4.69, 9.17) is 24.7 Å². The number of nitrogens with two attached hydrogens (primary N) is 1. The lowest BCUT2D eigenvalue weighted by molar-refractivity contribution is 0.144. The molecule has 3 rings (SSSR count). The van der Waals surface area contributed by atoms with Gasteiger partial charge in [-0.05, 0) is 30.3 Å². The van der Waals surface area contributed by atoms with Crippen LogP contribution in [0.1, 0.15) is 0 Å². The lowest BCUT2D eigenvalue weighted by Gasteiger charge is -2.11. The average Bonchev–Trinajstić information content (AvgIpc) is 2.67. The first kappa shape index (κ1) is 17.7. The van der Waals surface area contributed by atoms with E-state index >= 15 is 0 Å². The second kappa shape index (κ2) is 7.83. The zero-order chi connectivity index (χ0) is 18.5. The highest BCUT2D eigenvalue weighted by atomic mass is 16.5. The Morgan fingerprint density at radius 1 is 0.885 bits per heavy atom. The summed E-state index contributed by atoms with van der Waals surface area (Å²) < 4.78 is 21.3. The van der Waals surface area contributed by atoms with E-state index in [1.165, 1.54) is 0 Å². The fourth-order valence-corrected chi connectivity index (χ4v) is 2.48. The SMILES string of the molecule is COCCOc1nc(N)nc2ccc(-c3ccc(OC)c(OC)c3)nc12. The first-order valence-corrected chi connectivity index (χ1v) is 7.94. The molecule has 8 heteroatoms. The Labute approximate surface area is 150 Å². The second-order valence-corrected chi connectivity index (χ2v) is 5.36. The molecule has 0 bridgehead atoms. The highest BCUT2D eigenvalue weighted by Gasteiger charge is 2.13. The lowest BCUT2D eigenvalue weighted by Crippen LogP contribution is -2.08. The topological polar surface area (TPSA) is 102 Å². The molecular formula is C18H20N4O4. The van der Waals surface area contributed by atoms with Gasteiger partial charge in [0.05, 0.1) is 32.0 Å². The number of pyridine rings is 1. The van der Waals surface area contributed by atoms with Crippen LogP contribution in [0.25, 0.3) is 22.3 Å². The number of anilines is 1. The van der Waals surface area contributed by atoms with Crippen molar-refractivity contribution in [1.82, 2.24) is 15.0 Å². The van der Waals surface area contributed by atoms with E-state index in [1.807, 2.05) is 30.3 Å². The molecular weight excluding hydrogens is 336 g/mol. The summed E-state index contributed by atoms with van der Waals surface area (Å²) in [5.41, 5.74) is 8.48. The molecule has 26 heavy (non-hydrogen) atoms. The maximum absolute atomic E-state index is 5.76. The highest BCUT2D eigenvalue weighted by Crippen LogP contribution is 2.33. The van der Waals surface area contributed by atoms with Crippen molar-refractivity contribution in [3.63, 3.8) is 0 Å². The third-order valence-electron chi connectivity index (χ3n) is 3.73. The predicted molar refractivity (Wildman–Crippen MR) is 97.7 cm³/mol. The van der Waals surface area contributed by atoms with Crippen molar-refractivity contribution in [3.05, 3.63) is 30.3 Å². The summed E-state index contributed by atoms with van der Waals surface area (Å²) in [5.74, 6) is 1.73. The summed E-state index contributed by atoms with van der Waals surface area (Å²) >= 11 is 0. The van der Waals surface area contributed by atoms with E-state index < -0.39 is 0 Å². The third-order valence-corrected chi connectivity index (χ3v) is 3.73. The van der Waals surface area contributed by atoms with Crippen molar-refractivity contribution in [2.75, 3.05) is 40.3 Å². The normalized spacial score (nSPS) is 10.7. The van der Waals surface area contributed by atoms with Gasteiger partial charge >= 0.3 is 0 Å². The van der Waals surface area contributed by atoms with E-state index in [-0.39, 0.29) is 5.95 Å². The first-order chi connectivity index (χ1) is 12.7. The van der Waals surface area contributed by atoms with E-state index in [0.29, 0.717) is 41.6 Å². The fraction of sp³-hybridized carbons (Fsp3) is 0.278. The summed E-state index contributed by atoms with van der Waals surface area (Å²) in [6.07, 6.45) is 0. The Kier molecular flexibility index (Phi) is 5.33. The van der Waals surface area contributed by atoms with Crippen LogP contribution in [0.4, 0.5) is 5.95 Å². The van der Waals surface area contributed by atoms with Gasteiger partial charge < -0.3 is 24.7 Å². The Balaban J connectivity index is 2.05. The number of nitrogens with zero attached hydrogens (tertiary/aromatic N) is 3. The molecule has 0 aliphatic rings. The van der Waals surface area contributed by atoms with E-state index in [1.54, 1.807) is 21.3 Å². The molecule has 0 spiro atoms. The highest BCUT2D eigenvalue weighted by molar-refractivity contribution is 5.83. The number of hydrogen-bond donors (Lipinski definition) is 1. The van der Waals surface area contributed by atoms with Crippen molar-refractivity contribution in [2.24, 2.45) is 0 Å². The summed E-state index contributed by atoms with van der Waals surface area (Å²) in [4.78, 5) is 13.0. The van der Waals surface area contributed by atoms with Gasteiger partial charge in [0.1, 0.15) is 6.61 Å². The molecule has 0 saturated carbocycles. The Morgan fingerprint density at radius 2 is 1.69 bits per heavy atom. The lowest BCUT2D eigenvalue weighted by atomic mass is 10.1. The zero-order valence-corrected chi connectivity index (χ0v) is 14.9. The summed E-state index contributed by atoms with van der Waals surface area (Å²) in [6.45, 7) is 0.769. The smallest absolute Gasteiger partial charge is 0.245 e. The van der Waals surface area contributed by atoms with Gasteiger partial charge in [-0.15, -0.1) is 0 Å². The van der Waals surface area contributed by atoms with Crippen LogP contribution in [-0.2, 0) is 4.74 Å². The molecule has 0 amide bonds. The molecule has 3 aromatic rings. The van der Waals surface area contributed by atoms with Crippen molar-refractivity contribution >= 4 is 17.0 Å². The zero-order valence-electron chi connectivity index (χ0n) is 14.9. The van der Waals surface area contributed by atoms with Crippen LogP contribution in [0.5, 0.6) is 17.4 Å². The van der Waals surface area contributed by atoms with Crippen LogP contribution >= 0.6 is 0 Å². The standard InChI is InChI=1S/C18H20N4O4/c1-23-8-9-26-17-16-13(21-18(19)22-17)6-5-12(20-16)11-4-7-14(24-2)15(10-11)25-3/h4-7,10H,8-9H2,1-3H3,(H2,19,21,22). The Morgan fingerprint density at radius 3 is 2.42 bits per heavy atom. The number of nitrogen functional groups attached to an aromatic ring is 1. The van der Waals surface area contributed by atoms with Crippen LogP contribution in [0, 0.1) is 0 Å². The molecule has 136 valence electrons. The molecule has 0 aliphatic heterocycles. The van der Waals surface area contributed by atoms with Crippen molar-refractivity contribution in [1.29, 1.82) is 0 Å². The molecule has 2 N–H and O–H groups in total. The molecule has 0 saturated heterocycles. The number of ether oxygens (including phenoxy) is 4. The molecule has 2 heterocycles. The number of methoxy groups -OCH3 is 3. The monoisotopic (exact) mass is 356 g/mol. The molecule has 0 unspecified atom stereocenters. The minimum Gasteiger partial charge on any atom is -0.493 e. The van der Waals surface area contributed by atoms with Crippen LogP contribution in [0.3, 0.4) is 0 Å². The van der Waals surface area contributed by atoms with Gasteiger partial charge in [0.2, 0.25) is 11.8 Å². The minimum absolute atomic E-state index is 0.130. The van der Waals surface area contributed by atoms with Gasteiger partial charge in [0.25, 0.3) is 0 Å². The largest absolute Gasteiger partial charge is 0.493 e. The van der Waals surface area contributed by atoms with Gasteiger partial charge in [0, 0.05) is 12.7 Å². The van der Waals surface area contributed by atoms with Gasteiger partial charge in [0.15, 0.2) is 17.0 Å². The van der Waals surface area contributed by atoms with E-state index in [9.17, 15) is 0 Å². The van der Waals surface area contributed by atoms with Gasteiger partial charge in [-0.1, -0.05) is 0 Å². The summed E-state index contributed by atoms with van der Waals surface area (Å²) in [6, 6.07) is 9.27. The summed E-state index contributed by atoms with van der Waals surface area (Å²) in [7, 11) is 4.79. The molecule has 2 aromatic heterocycles. The van der Waals surface area contributed by atoms with Crippen LogP contribution in [-0.4, -0.2) is 49.5 Å². The van der Waals surface area contributed by atoms with Crippen molar-refractivity contribution in [3.8, 4) is 28.6 Å². The molecule has 0 aliphatic carbocycles. The van der Waals surface area contributed by atoms with Gasteiger partial charge in [-0.3, -0.25) is 0 Å². The molecule has 0 fully saturated rings. The van der Waals surface area contributed by atoms with E-state index in [2.05, 4.69) is 15.0 Å². The van der Waals surface area contributed by atoms with Gasteiger partial charge in [-0.25, -0.2) is 9.97 Å². The third kappa shape index (κ3) is 3.60. The average molecular weight is 356 g/mol. The predicted octanol–water partition coefficient (Wildman–Crippen LogP) is 2.32. The number of hydrogen-bond acceptors (Lipinski definition) is 8. The fourth-order valence-electron chi connectivity index (χ4n) is 2.48. The Hall–Kier alpha value is -3.13. The second-order valence-electron chi connectivity index (χ2n) is 5.36. The summed E-state index contributed by atoms with van der Waals surface area (Å²) in [5, 5.41) is 0. The number of aromatic nitrogens is 3. The maximum atomic E-state index is 5.76. The minimum atomic E-state index is 0.130. The van der Waals surface area contributed by atoms with Crippen molar-refractivity contribution < 1.29 is 18.9 Å². The molecule has 0 atom stereocenters. The van der Waals surface area contributed by atoms with Gasteiger partial charge in [-0.2, -0.15) is 4.98 Å². The molecule has 8 nitrogen and oxygen atoms in total.